The molecule has 0 spiro atoms. The van der Waals surface area contributed by atoms with Gasteiger partial charge in [-0.05, 0) is 29.7 Å². The van der Waals surface area contributed by atoms with E-state index in [9.17, 15) is 4.79 Å². The fourth-order valence-corrected chi connectivity index (χ4v) is 3.27. The lowest BCUT2D eigenvalue weighted by atomic mass is 10.1. The van der Waals surface area contributed by atoms with Crippen LogP contribution in [0.15, 0.2) is 54.7 Å². The second-order valence-electron chi connectivity index (χ2n) is 5.90. The summed E-state index contributed by atoms with van der Waals surface area (Å²) in [7, 11) is 0. The molecule has 0 aliphatic carbocycles. The van der Waals surface area contributed by atoms with Gasteiger partial charge in [-0.15, -0.1) is 0 Å². The topological polar surface area (TPSA) is 46.1 Å². The van der Waals surface area contributed by atoms with Crippen LogP contribution >= 0.6 is 0 Å². The van der Waals surface area contributed by atoms with E-state index in [0.29, 0.717) is 6.54 Å². The molecule has 0 bridgehead atoms. The third-order valence-electron chi connectivity index (χ3n) is 4.36. The van der Waals surface area contributed by atoms with Crippen LogP contribution in [0.2, 0.25) is 0 Å². The zero-order valence-corrected chi connectivity index (χ0v) is 12.9. The molecule has 1 aliphatic rings. The summed E-state index contributed by atoms with van der Waals surface area (Å²) in [6.07, 6.45) is 3.05. The number of hydrogen-bond donors (Lipinski definition) is 2. The number of rotatable bonds is 4. The lowest BCUT2D eigenvalue weighted by Gasteiger charge is -2.09. The van der Waals surface area contributed by atoms with Crippen molar-refractivity contribution >= 4 is 16.8 Å². The van der Waals surface area contributed by atoms with E-state index < -0.39 is 0 Å². The monoisotopic (exact) mass is 305 g/mol. The van der Waals surface area contributed by atoms with E-state index in [-0.39, 0.29) is 5.91 Å². The Bertz CT molecular complexity index is 852. The van der Waals surface area contributed by atoms with Crippen LogP contribution in [-0.2, 0) is 19.6 Å². The van der Waals surface area contributed by atoms with Gasteiger partial charge in [0.05, 0.1) is 12.2 Å². The standard InChI is InChI=1S/C19H19N3O/c23-19-16-7-4-8-17-18(16)15(9-10-21-19)12-22(17)13-20-11-14-5-2-1-3-6-14/h1-8,12,20H,9-11,13H2,(H,21,23). The van der Waals surface area contributed by atoms with Gasteiger partial charge in [-0.2, -0.15) is 0 Å². The first-order chi connectivity index (χ1) is 11.3. The second kappa shape index (κ2) is 5.89. The molecular weight excluding hydrogens is 286 g/mol. The van der Waals surface area contributed by atoms with Gasteiger partial charge in [0.25, 0.3) is 5.91 Å². The highest BCUT2D eigenvalue weighted by molar-refractivity contribution is 6.08. The number of benzene rings is 2. The maximum Gasteiger partial charge on any atom is 0.251 e. The maximum absolute atomic E-state index is 12.2. The van der Waals surface area contributed by atoms with Crippen molar-refractivity contribution in [1.82, 2.24) is 15.2 Å². The average Bonchev–Trinajstić information content (AvgIpc) is 2.85. The first-order valence-corrected chi connectivity index (χ1v) is 7.96. The molecule has 0 radical (unpaired) electrons. The fourth-order valence-electron chi connectivity index (χ4n) is 3.27. The summed E-state index contributed by atoms with van der Waals surface area (Å²) < 4.78 is 2.20. The lowest BCUT2D eigenvalue weighted by Crippen LogP contribution is -2.24. The highest BCUT2D eigenvalue weighted by atomic mass is 16.1. The van der Waals surface area contributed by atoms with Crippen LogP contribution in [0.3, 0.4) is 0 Å². The van der Waals surface area contributed by atoms with Gasteiger partial charge in [0, 0.05) is 30.2 Å². The highest BCUT2D eigenvalue weighted by Gasteiger charge is 2.19. The Hall–Kier alpha value is -2.59. The molecule has 2 N–H and O–H groups in total. The van der Waals surface area contributed by atoms with E-state index in [1.807, 2.05) is 18.2 Å². The minimum atomic E-state index is 0.0318. The number of aromatic nitrogens is 1. The summed E-state index contributed by atoms with van der Waals surface area (Å²) in [5.41, 5.74) is 4.42. The Labute approximate surface area is 135 Å². The van der Waals surface area contributed by atoms with Gasteiger partial charge in [0.15, 0.2) is 0 Å². The summed E-state index contributed by atoms with van der Waals surface area (Å²) in [6, 6.07) is 16.3. The van der Waals surface area contributed by atoms with E-state index in [4.69, 9.17) is 0 Å². The molecule has 2 heterocycles. The van der Waals surface area contributed by atoms with Gasteiger partial charge in [-0.25, -0.2) is 0 Å². The van der Waals surface area contributed by atoms with Gasteiger partial charge < -0.3 is 9.88 Å². The minimum absolute atomic E-state index is 0.0318. The number of nitrogens with zero attached hydrogens (tertiary/aromatic N) is 1. The van der Waals surface area contributed by atoms with Gasteiger partial charge in [-0.1, -0.05) is 36.4 Å². The molecule has 0 atom stereocenters. The molecule has 0 saturated heterocycles. The molecule has 4 nitrogen and oxygen atoms in total. The summed E-state index contributed by atoms with van der Waals surface area (Å²) >= 11 is 0. The van der Waals surface area contributed by atoms with E-state index >= 15 is 0 Å². The number of nitrogens with one attached hydrogen (secondary N) is 2. The number of amides is 1. The number of carbonyl (C=O) groups is 1. The molecule has 116 valence electrons. The molecule has 0 saturated carbocycles. The summed E-state index contributed by atoms with van der Waals surface area (Å²) in [5.74, 6) is 0.0318. The van der Waals surface area contributed by atoms with E-state index in [2.05, 4.69) is 51.7 Å². The van der Waals surface area contributed by atoms with Crippen LogP contribution in [0.4, 0.5) is 0 Å². The SMILES string of the molecule is O=C1NCCc2cn(CNCc3ccccc3)c3cccc1c23. The number of hydrogen-bond acceptors (Lipinski definition) is 2. The van der Waals surface area contributed by atoms with Gasteiger partial charge in [-0.3, -0.25) is 10.1 Å². The number of carbonyl (C=O) groups excluding carboxylic acids is 1. The molecule has 4 heteroatoms. The highest BCUT2D eigenvalue weighted by Crippen LogP contribution is 2.27. The van der Waals surface area contributed by atoms with Crippen molar-refractivity contribution in [2.75, 3.05) is 6.54 Å². The summed E-state index contributed by atoms with van der Waals surface area (Å²) in [5, 5.41) is 7.54. The molecule has 0 fully saturated rings. The molecule has 1 amide bonds. The lowest BCUT2D eigenvalue weighted by molar-refractivity contribution is 0.0957. The van der Waals surface area contributed by atoms with E-state index in [0.717, 1.165) is 36.1 Å². The van der Waals surface area contributed by atoms with Crippen molar-refractivity contribution in [2.45, 2.75) is 19.6 Å². The molecule has 1 aromatic heterocycles. The Morgan fingerprint density at radius 3 is 2.83 bits per heavy atom. The van der Waals surface area contributed by atoms with Crippen LogP contribution in [0.1, 0.15) is 21.5 Å². The van der Waals surface area contributed by atoms with E-state index in [1.165, 1.54) is 11.1 Å². The largest absolute Gasteiger partial charge is 0.352 e. The zero-order chi connectivity index (χ0) is 15.6. The third kappa shape index (κ3) is 2.62. The van der Waals surface area contributed by atoms with Crippen LogP contribution in [0, 0.1) is 0 Å². The maximum atomic E-state index is 12.2. The Morgan fingerprint density at radius 2 is 1.96 bits per heavy atom. The molecule has 2 aromatic carbocycles. The Kier molecular flexibility index (Phi) is 3.60. The first-order valence-electron chi connectivity index (χ1n) is 7.96. The van der Waals surface area contributed by atoms with Crippen molar-refractivity contribution < 1.29 is 4.79 Å². The zero-order valence-electron chi connectivity index (χ0n) is 12.9. The van der Waals surface area contributed by atoms with Crippen molar-refractivity contribution in [1.29, 1.82) is 0 Å². The predicted octanol–water partition coefficient (Wildman–Crippen LogP) is 2.67. The molecule has 23 heavy (non-hydrogen) atoms. The Morgan fingerprint density at radius 1 is 1.09 bits per heavy atom. The average molecular weight is 305 g/mol. The van der Waals surface area contributed by atoms with Crippen LogP contribution in [0.5, 0.6) is 0 Å². The molecule has 0 unspecified atom stereocenters. The molecular formula is C19H19N3O. The molecule has 3 aromatic rings. The molecule has 1 aliphatic heterocycles. The second-order valence-corrected chi connectivity index (χ2v) is 5.90. The predicted molar refractivity (Wildman–Crippen MR) is 91.3 cm³/mol. The normalized spacial score (nSPS) is 13.8. The van der Waals surface area contributed by atoms with E-state index in [1.54, 1.807) is 0 Å². The third-order valence-corrected chi connectivity index (χ3v) is 4.36. The van der Waals surface area contributed by atoms with Crippen molar-refractivity contribution in [2.24, 2.45) is 0 Å². The van der Waals surface area contributed by atoms with Crippen molar-refractivity contribution in [3.8, 4) is 0 Å². The van der Waals surface area contributed by atoms with Crippen molar-refractivity contribution in [3.05, 3.63) is 71.4 Å². The smallest absolute Gasteiger partial charge is 0.251 e. The Balaban J connectivity index is 1.61. The van der Waals surface area contributed by atoms with Gasteiger partial charge in [0.1, 0.15) is 0 Å². The quantitative estimate of drug-likeness (QED) is 0.778. The van der Waals surface area contributed by atoms with Crippen LogP contribution < -0.4 is 10.6 Å². The molecule has 4 rings (SSSR count). The fraction of sp³-hybridized carbons (Fsp3) is 0.211. The van der Waals surface area contributed by atoms with Crippen LogP contribution in [-0.4, -0.2) is 17.0 Å². The van der Waals surface area contributed by atoms with Gasteiger partial charge in [0.2, 0.25) is 0 Å². The van der Waals surface area contributed by atoms with Gasteiger partial charge >= 0.3 is 0 Å². The summed E-state index contributed by atoms with van der Waals surface area (Å²) in [4.78, 5) is 12.2. The minimum Gasteiger partial charge on any atom is -0.352 e. The van der Waals surface area contributed by atoms with Crippen LogP contribution in [0.25, 0.3) is 10.9 Å². The van der Waals surface area contributed by atoms with Crippen molar-refractivity contribution in [3.63, 3.8) is 0 Å². The first kappa shape index (κ1) is 14.0. The summed E-state index contributed by atoms with van der Waals surface area (Å²) in [6.45, 7) is 2.26.